The number of fused-ring (bicyclic) bond motifs is 2. The van der Waals surface area contributed by atoms with E-state index in [9.17, 15) is 14.7 Å². The Morgan fingerprint density at radius 1 is 1.28 bits per heavy atom. The zero-order valence-corrected chi connectivity index (χ0v) is 10.9. The van der Waals surface area contributed by atoms with Crippen molar-refractivity contribution in [3.8, 4) is 0 Å². The standard InChI is InChI=1S/C12H20N2O4/c1-12(2,3)14(11(16)17)9-7-5-4-6(18-7)8(9)10(13)15/h6-9H,4-5H2,1-3H3,(H2,13,15)(H,16,17)/t6-,7+,8-,9+/m0/s1. The Kier molecular flexibility index (Phi) is 3.01. The summed E-state index contributed by atoms with van der Waals surface area (Å²) < 4.78 is 5.68. The molecule has 18 heavy (non-hydrogen) atoms. The van der Waals surface area contributed by atoms with Crippen LogP contribution in [0, 0.1) is 5.92 Å². The first-order chi connectivity index (χ1) is 8.23. The molecule has 4 atom stereocenters. The molecule has 0 radical (unpaired) electrons. The average molecular weight is 256 g/mol. The van der Waals surface area contributed by atoms with E-state index in [1.54, 1.807) is 0 Å². The van der Waals surface area contributed by atoms with Gasteiger partial charge in [0.1, 0.15) is 0 Å². The van der Waals surface area contributed by atoms with Crippen molar-refractivity contribution >= 4 is 12.0 Å². The smallest absolute Gasteiger partial charge is 0.408 e. The second-order valence-corrected chi connectivity index (χ2v) is 6.03. The van der Waals surface area contributed by atoms with E-state index in [1.807, 2.05) is 20.8 Å². The van der Waals surface area contributed by atoms with Crippen LogP contribution in [0.25, 0.3) is 0 Å². The molecular formula is C12H20N2O4. The highest BCUT2D eigenvalue weighted by molar-refractivity contribution is 5.80. The van der Waals surface area contributed by atoms with Crippen LogP contribution in [0.1, 0.15) is 33.6 Å². The Morgan fingerprint density at radius 2 is 1.83 bits per heavy atom. The van der Waals surface area contributed by atoms with E-state index in [1.165, 1.54) is 4.90 Å². The number of rotatable bonds is 2. The minimum absolute atomic E-state index is 0.206. The van der Waals surface area contributed by atoms with Crippen molar-refractivity contribution < 1.29 is 19.4 Å². The maximum atomic E-state index is 11.6. The summed E-state index contributed by atoms with van der Waals surface area (Å²) in [6.07, 6.45) is 0.116. The Morgan fingerprint density at radius 3 is 2.28 bits per heavy atom. The second kappa shape index (κ2) is 4.12. The van der Waals surface area contributed by atoms with Crippen molar-refractivity contribution in [2.45, 2.75) is 57.4 Å². The molecule has 2 amide bonds. The molecule has 2 aliphatic heterocycles. The first-order valence-corrected chi connectivity index (χ1v) is 6.20. The Labute approximate surface area is 106 Å². The molecule has 0 aromatic heterocycles. The van der Waals surface area contributed by atoms with Crippen LogP contribution >= 0.6 is 0 Å². The quantitative estimate of drug-likeness (QED) is 0.764. The fraction of sp³-hybridized carbons (Fsp3) is 0.833. The van der Waals surface area contributed by atoms with Crippen LogP contribution in [0.15, 0.2) is 0 Å². The van der Waals surface area contributed by atoms with Crippen molar-refractivity contribution in [2.24, 2.45) is 11.7 Å². The van der Waals surface area contributed by atoms with E-state index < -0.39 is 29.5 Å². The van der Waals surface area contributed by atoms with Gasteiger partial charge in [-0.2, -0.15) is 0 Å². The molecule has 2 fully saturated rings. The zero-order chi connectivity index (χ0) is 13.7. The minimum Gasteiger partial charge on any atom is -0.465 e. The van der Waals surface area contributed by atoms with Crippen LogP contribution < -0.4 is 5.73 Å². The van der Waals surface area contributed by atoms with E-state index in [-0.39, 0.29) is 12.2 Å². The van der Waals surface area contributed by atoms with Gasteiger partial charge in [0.2, 0.25) is 5.91 Å². The molecule has 0 aliphatic carbocycles. The fourth-order valence-electron chi connectivity index (χ4n) is 3.20. The molecule has 2 saturated heterocycles. The molecule has 0 saturated carbocycles. The summed E-state index contributed by atoms with van der Waals surface area (Å²) in [6, 6.07) is -0.459. The Balaban J connectivity index is 2.34. The van der Waals surface area contributed by atoms with E-state index in [2.05, 4.69) is 0 Å². The summed E-state index contributed by atoms with van der Waals surface area (Å²) >= 11 is 0. The van der Waals surface area contributed by atoms with Crippen LogP contribution in [0.3, 0.4) is 0 Å². The normalized spacial score (nSPS) is 34.6. The van der Waals surface area contributed by atoms with Gasteiger partial charge in [-0.05, 0) is 33.6 Å². The summed E-state index contributed by atoms with van der Waals surface area (Å²) in [7, 11) is 0. The molecule has 2 rings (SSSR count). The lowest BCUT2D eigenvalue weighted by Gasteiger charge is -2.42. The van der Waals surface area contributed by atoms with Gasteiger partial charge in [-0.15, -0.1) is 0 Å². The number of primary amides is 1. The lowest BCUT2D eigenvalue weighted by Crippen LogP contribution is -2.59. The maximum Gasteiger partial charge on any atom is 0.408 e. The van der Waals surface area contributed by atoms with Crippen LogP contribution in [-0.2, 0) is 9.53 Å². The van der Waals surface area contributed by atoms with E-state index in [0.717, 1.165) is 12.8 Å². The van der Waals surface area contributed by atoms with Gasteiger partial charge in [0.25, 0.3) is 0 Å². The Bertz CT molecular complexity index is 377. The molecular weight excluding hydrogens is 236 g/mol. The van der Waals surface area contributed by atoms with Crippen LogP contribution in [0.2, 0.25) is 0 Å². The van der Waals surface area contributed by atoms with E-state index >= 15 is 0 Å². The first-order valence-electron chi connectivity index (χ1n) is 6.20. The molecule has 0 aromatic carbocycles. The van der Waals surface area contributed by atoms with E-state index in [0.29, 0.717) is 0 Å². The van der Waals surface area contributed by atoms with Gasteiger partial charge in [0.15, 0.2) is 0 Å². The van der Waals surface area contributed by atoms with Crippen molar-refractivity contribution in [1.29, 1.82) is 0 Å². The van der Waals surface area contributed by atoms with Gasteiger partial charge >= 0.3 is 6.09 Å². The van der Waals surface area contributed by atoms with Crippen molar-refractivity contribution in [2.75, 3.05) is 0 Å². The van der Waals surface area contributed by atoms with Crippen molar-refractivity contribution in [3.05, 3.63) is 0 Å². The van der Waals surface area contributed by atoms with Gasteiger partial charge in [-0.1, -0.05) is 0 Å². The SMILES string of the molecule is CC(C)(C)N(C(=O)O)[C@H]1[C@@H](C(N)=O)[C@@H]2CC[C@H]1O2. The zero-order valence-electron chi connectivity index (χ0n) is 10.9. The average Bonchev–Trinajstić information content (AvgIpc) is 2.73. The van der Waals surface area contributed by atoms with Crippen LogP contribution in [-0.4, -0.2) is 45.8 Å². The molecule has 6 nitrogen and oxygen atoms in total. The molecule has 0 aromatic rings. The van der Waals surface area contributed by atoms with Crippen LogP contribution in [0.4, 0.5) is 4.79 Å². The number of hydrogen-bond acceptors (Lipinski definition) is 3. The number of hydrogen-bond donors (Lipinski definition) is 2. The molecule has 102 valence electrons. The lowest BCUT2D eigenvalue weighted by molar-refractivity contribution is -0.125. The number of ether oxygens (including phenoxy) is 1. The maximum absolute atomic E-state index is 11.6. The number of nitrogens with zero attached hydrogens (tertiary/aromatic N) is 1. The summed E-state index contributed by atoms with van der Waals surface area (Å²) in [5.41, 5.74) is 4.83. The molecule has 0 spiro atoms. The molecule has 2 heterocycles. The summed E-state index contributed by atoms with van der Waals surface area (Å²) in [4.78, 5) is 24.4. The fourth-order valence-corrected chi connectivity index (χ4v) is 3.20. The summed E-state index contributed by atoms with van der Waals surface area (Å²) in [5.74, 6) is -0.998. The predicted molar refractivity (Wildman–Crippen MR) is 64.0 cm³/mol. The summed E-state index contributed by atoms with van der Waals surface area (Å²) in [6.45, 7) is 5.43. The largest absolute Gasteiger partial charge is 0.465 e. The molecule has 2 aliphatic rings. The highest BCUT2D eigenvalue weighted by Crippen LogP contribution is 2.43. The molecule has 6 heteroatoms. The predicted octanol–water partition coefficient (Wildman–Crippen LogP) is 0.796. The minimum atomic E-state index is -1.03. The Hall–Kier alpha value is -1.30. The lowest BCUT2D eigenvalue weighted by atomic mass is 9.81. The van der Waals surface area contributed by atoms with Crippen LogP contribution in [0.5, 0.6) is 0 Å². The number of carbonyl (C=O) groups excluding carboxylic acids is 1. The molecule has 0 unspecified atom stereocenters. The first kappa shape index (κ1) is 13.1. The van der Waals surface area contributed by atoms with Gasteiger partial charge < -0.3 is 15.6 Å². The highest BCUT2D eigenvalue weighted by Gasteiger charge is 2.56. The number of nitrogens with two attached hydrogens (primary N) is 1. The van der Waals surface area contributed by atoms with E-state index in [4.69, 9.17) is 10.5 Å². The van der Waals surface area contributed by atoms with Gasteiger partial charge in [-0.25, -0.2) is 4.79 Å². The van der Waals surface area contributed by atoms with Crippen molar-refractivity contribution in [1.82, 2.24) is 4.90 Å². The second-order valence-electron chi connectivity index (χ2n) is 6.03. The third-order valence-electron chi connectivity index (χ3n) is 3.79. The van der Waals surface area contributed by atoms with Crippen molar-refractivity contribution in [3.63, 3.8) is 0 Å². The number of carboxylic acid groups (broad SMARTS) is 1. The monoisotopic (exact) mass is 256 g/mol. The summed E-state index contributed by atoms with van der Waals surface area (Å²) in [5, 5.41) is 9.42. The third kappa shape index (κ3) is 1.94. The highest BCUT2D eigenvalue weighted by atomic mass is 16.5. The van der Waals surface area contributed by atoms with Gasteiger partial charge in [-0.3, -0.25) is 9.69 Å². The number of carbonyl (C=O) groups is 2. The van der Waals surface area contributed by atoms with Gasteiger partial charge in [0, 0.05) is 5.54 Å². The molecule has 2 bridgehead atoms. The third-order valence-corrected chi connectivity index (χ3v) is 3.79. The molecule has 3 N–H and O–H groups in total. The topological polar surface area (TPSA) is 92.9 Å². The van der Waals surface area contributed by atoms with Gasteiger partial charge in [0.05, 0.1) is 24.2 Å². The number of amides is 2.